The Labute approximate surface area is 154 Å². The second kappa shape index (κ2) is 8.01. The highest BCUT2D eigenvalue weighted by atomic mass is 16.3. The van der Waals surface area contributed by atoms with Gasteiger partial charge in [0.1, 0.15) is 0 Å². The molecule has 2 aromatic rings. The van der Waals surface area contributed by atoms with E-state index in [0.29, 0.717) is 6.54 Å². The van der Waals surface area contributed by atoms with E-state index in [4.69, 9.17) is 0 Å². The maximum atomic E-state index is 12.6. The van der Waals surface area contributed by atoms with Crippen LogP contribution < -0.4 is 5.32 Å². The fourth-order valence-corrected chi connectivity index (χ4v) is 3.50. The van der Waals surface area contributed by atoms with Crippen LogP contribution >= 0.6 is 0 Å². The van der Waals surface area contributed by atoms with E-state index in [1.54, 1.807) is 10.9 Å². The van der Waals surface area contributed by atoms with Gasteiger partial charge in [0.25, 0.3) is 0 Å². The van der Waals surface area contributed by atoms with Gasteiger partial charge in [-0.2, -0.15) is 5.10 Å². The third-order valence-corrected chi connectivity index (χ3v) is 5.01. The molecule has 0 bridgehead atoms. The molecule has 1 fully saturated rings. The van der Waals surface area contributed by atoms with Crippen molar-refractivity contribution in [2.75, 3.05) is 13.6 Å². The van der Waals surface area contributed by atoms with Crippen molar-refractivity contribution in [3.8, 4) is 0 Å². The zero-order valence-corrected chi connectivity index (χ0v) is 15.7. The summed E-state index contributed by atoms with van der Waals surface area (Å²) < 4.78 is 1.74. The van der Waals surface area contributed by atoms with Crippen LogP contribution in [0.4, 0.5) is 0 Å². The van der Waals surface area contributed by atoms with E-state index in [9.17, 15) is 9.90 Å². The number of amides is 1. The summed E-state index contributed by atoms with van der Waals surface area (Å²) in [5.74, 6) is 0.260. The molecule has 3 rings (SSSR count). The van der Waals surface area contributed by atoms with E-state index in [1.165, 1.54) is 11.1 Å². The third kappa shape index (κ3) is 4.71. The number of carbonyl (C=O) groups is 1. The van der Waals surface area contributed by atoms with Crippen molar-refractivity contribution in [1.29, 1.82) is 0 Å². The summed E-state index contributed by atoms with van der Waals surface area (Å²) in [7, 11) is 3.82. The smallest absolute Gasteiger partial charge is 0.234 e. The maximum Gasteiger partial charge on any atom is 0.234 e. The summed E-state index contributed by atoms with van der Waals surface area (Å²) in [6.07, 6.45) is 4.93. The number of benzene rings is 1. The Balaban J connectivity index is 1.57. The summed E-state index contributed by atoms with van der Waals surface area (Å²) in [6.45, 7) is 3.13. The molecule has 1 aromatic heterocycles. The molecule has 2 N–H and O–H groups in total. The number of aryl methyl sites for hydroxylation is 2. The second-order valence-corrected chi connectivity index (χ2v) is 7.54. The Bertz CT molecular complexity index is 735. The van der Waals surface area contributed by atoms with Crippen molar-refractivity contribution < 1.29 is 9.90 Å². The Hall–Kier alpha value is -2.18. The molecule has 1 atom stereocenters. The summed E-state index contributed by atoms with van der Waals surface area (Å²) in [6, 6.07) is 8.27. The van der Waals surface area contributed by atoms with Crippen molar-refractivity contribution in [2.24, 2.45) is 13.0 Å². The zero-order chi connectivity index (χ0) is 18.7. The lowest BCUT2D eigenvalue weighted by Crippen LogP contribution is -2.44. The lowest BCUT2D eigenvalue weighted by molar-refractivity contribution is -0.124. The number of carbonyl (C=O) groups excluding carboxylic acids is 1. The Kier molecular flexibility index (Phi) is 5.74. The number of hydrogen-bond acceptors (Lipinski definition) is 4. The van der Waals surface area contributed by atoms with Crippen LogP contribution in [0.3, 0.4) is 0 Å². The largest absolute Gasteiger partial charge is 0.393 e. The van der Waals surface area contributed by atoms with Gasteiger partial charge in [-0.15, -0.1) is 0 Å². The number of nitrogens with zero attached hydrogens (tertiary/aromatic N) is 3. The van der Waals surface area contributed by atoms with Crippen molar-refractivity contribution in [3.05, 3.63) is 53.3 Å². The minimum Gasteiger partial charge on any atom is -0.393 e. The topological polar surface area (TPSA) is 70.4 Å². The quantitative estimate of drug-likeness (QED) is 0.793. The summed E-state index contributed by atoms with van der Waals surface area (Å²) in [4.78, 5) is 14.6. The fraction of sp³-hybridized carbons (Fsp3) is 0.500. The molecule has 0 saturated heterocycles. The molecular formula is C20H28N4O2. The van der Waals surface area contributed by atoms with E-state index in [-0.39, 0.29) is 24.0 Å². The predicted molar refractivity (Wildman–Crippen MR) is 100 cm³/mol. The number of rotatable bonds is 7. The highest BCUT2D eigenvalue weighted by Gasteiger charge is 2.36. The van der Waals surface area contributed by atoms with Gasteiger partial charge in [-0.1, -0.05) is 29.8 Å². The van der Waals surface area contributed by atoms with Gasteiger partial charge in [0.05, 0.1) is 24.9 Å². The first kappa shape index (κ1) is 18.6. The number of nitrogens with one attached hydrogen (secondary N) is 1. The van der Waals surface area contributed by atoms with Crippen LogP contribution in [-0.2, 0) is 18.4 Å². The lowest BCUT2D eigenvalue weighted by atomic mass is 9.75. The molecule has 1 saturated carbocycles. The van der Waals surface area contributed by atoms with Crippen LogP contribution in [0.15, 0.2) is 36.7 Å². The van der Waals surface area contributed by atoms with Gasteiger partial charge in [-0.3, -0.25) is 14.4 Å². The number of hydrogen-bond donors (Lipinski definition) is 2. The second-order valence-electron chi connectivity index (χ2n) is 7.54. The normalized spacial score (nSPS) is 20.7. The van der Waals surface area contributed by atoms with E-state index in [1.807, 2.05) is 25.2 Å². The molecular weight excluding hydrogens is 328 g/mol. The molecule has 1 heterocycles. The minimum absolute atomic E-state index is 0.00476. The van der Waals surface area contributed by atoms with Gasteiger partial charge in [0.15, 0.2) is 0 Å². The first-order valence-corrected chi connectivity index (χ1v) is 9.11. The van der Waals surface area contributed by atoms with Gasteiger partial charge < -0.3 is 10.4 Å². The molecule has 0 aliphatic heterocycles. The predicted octanol–water partition coefficient (Wildman–Crippen LogP) is 1.79. The molecule has 140 valence electrons. The molecule has 1 aliphatic rings. The minimum atomic E-state index is -0.250. The highest BCUT2D eigenvalue weighted by molar-refractivity contribution is 5.78. The Morgan fingerprint density at radius 2 is 2.08 bits per heavy atom. The molecule has 1 aromatic carbocycles. The van der Waals surface area contributed by atoms with E-state index >= 15 is 0 Å². The summed E-state index contributed by atoms with van der Waals surface area (Å²) in [5, 5.41) is 17.0. The average molecular weight is 356 g/mol. The molecule has 0 unspecified atom stereocenters. The number of aliphatic hydroxyl groups is 1. The third-order valence-electron chi connectivity index (χ3n) is 5.01. The summed E-state index contributed by atoms with van der Waals surface area (Å²) >= 11 is 0. The lowest BCUT2D eigenvalue weighted by Gasteiger charge is -2.37. The van der Waals surface area contributed by atoms with Crippen molar-refractivity contribution in [1.82, 2.24) is 20.0 Å². The fourth-order valence-electron chi connectivity index (χ4n) is 3.50. The molecule has 6 heteroatoms. The van der Waals surface area contributed by atoms with Crippen LogP contribution in [0.5, 0.6) is 0 Å². The van der Waals surface area contributed by atoms with Crippen LogP contribution in [0.25, 0.3) is 0 Å². The standard InChI is InChI=1S/C20H28N4O2/c1-14-4-6-15(7-5-14)11-23(2)13-19(26)22-20(16-8-18(25)9-16)17-10-21-24(3)12-17/h4-7,10,12,16,18,20,25H,8-9,11,13H2,1-3H3,(H,22,26)/t16?,18?,20-/m1/s1. The van der Waals surface area contributed by atoms with E-state index in [2.05, 4.69) is 41.6 Å². The Morgan fingerprint density at radius 3 is 2.65 bits per heavy atom. The van der Waals surface area contributed by atoms with Crippen molar-refractivity contribution >= 4 is 5.91 Å². The molecule has 26 heavy (non-hydrogen) atoms. The van der Waals surface area contributed by atoms with Crippen LogP contribution in [0, 0.1) is 12.8 Å². The van der Waals surface area contributed by atoms with Gasteiger partial charge in [-0.25, -0.2) is 0 Å². The number of aromatic nitrogens is 2. The van der Waals surface area contributed by atoms with E-state index < -0.39 is 0 Å². The summed E-state index contributed by atoms with van der Waals surface area (Å²) in [5.41, 5.74) is 3.42. The molecule has 1 aliphatic carbocycles. The first-order chi connectivity index (χ1) is 12.4. The van der Waals surface area contributed by atoms with Crippen LogP contribution in [0.2, 0.25) is 0 Å². The van der Waals surface area contributed by atoms with Gasteiger partial charge in [0, 0.05) is 25.4 Å². The van der Waals surface area contributed by atoms with E-state index in [0.717, 1.165) is 24.9 Å². The van der Waals surface area contributed by atoms with Crippen molar-refractivity contribution in [3.63, 3.8) is 0 Å². The zero-order valence-electron chi connectivity index (χ0n) is 15.7. The molecule has 0 radical (unpaired) electrons. The molecule has 1 amide bonds. The van der Waals surface area contributed by atoms with Crippen molar-refractivity contribution in [2.45, 2.75) is 38.5 Å². The van der Waals surface area contributed by atoms with Gasteiger partial charge in [-0.05, 0) is 38.3 Å². The number of aliphatic hydroxyl groups excluding tert-OH is 1. The average Bonchev–Trinajstić information content (AvgIpc) is 2.98. The molecule has 0 spiro atoms. The van der Waals surface area contributed by atoms with Gasteiger partial charge in [0.2, 0.25) is 5.91 Å². The Morgan fingerprint density at radius 1 is 1.38 bits per heavy atom. The first-order valence-electron chi connectivity index (χ1n) is 9.11. The SMILES string of the molecule is Cc1ccc(CN(C)CC(=O)N[C@@H](c2cnn(C)c2)C2CC(O)C2)cc1. The highest BCUT2D eigenvalue weighted by Crippen LogP contribution is 2.37. The number of likely N-dealkylation sites (N-methyl/N-ethyl adjacent to an activating group) is 1. The molecule has 6 nitrogen and oxygen atoms in total. The monoisotopic (exact) mass is 356 g/mol. The maximum absolute atomic E-state index is 12.6. The van der Waals surface area contributed by atoms with Gasteiger partial charge >= 0.3 is 0 Å². The van der Waals surface area contributed by atoms with Crippen LogP contribution in [0.1, 0.15) is 35.6 Å². The van der Waals surface area contributed by atoms with Crippen LogP contribution in [-0.4, -0.2) is 45.4 Å².